The van der Waals surface area contributed by atoms with Gasteiger partial charge in [-0.25, -0.2) is 0 Å². The van der Waals surface area contributed by atoms with Crippen molar-refractivity contribution in [3.8, 4) is 11.7 Å². The quantitative estimate of drug-likeness (QED) is 0.728. The van der Waals surface area contributed by atoms with Gasteiger partial charge in [0.1, 0.15) is 0 Å². The molecule has 1 aromatic rings. The molecular formula is C12H12O2S. The maximum atomic E-state index is 5.69. The van der Waals surface area contributed by atoms with Crippen LogP contribution in [0.2, 0.25) is 0 Å². The van der Waals surface area contributed by atoms with Gasteiger partial charge in [0.05, 0.1) is 19.0 Å². The van der Waals surface area contributed by atoms with Crippen LogP contribution >= 0.6 is 11.8 Å². The fourth-order valence-electron chi connectivity index (χ4n) is 1.62. The summed E-state index contributed by atoms with van der Waals surface area (Å²) in [4.78, 5) is 0. The summed E-state index contributed by atoms with van der Waals surface area (Å²) in [6, 6.07) is 9.93. The number of benzene rings is 1. The summed E-state index contributed by atoms with van der Waals surface area (Å²) in [5.41, 5.74) is 1.03. The summed E-state index contributed by atoms with van der Waals surface area (Å²) < 4.78 is 11.4. The van der Waals surface area contributed by atoms with Gasteiger partial charge in [-0.2, -0.15) is 0 Å². The number of terminal acetylenes is 1. The van der Waals surface area contributed by atoms with Crippen LogP contribution in [-0.4, -0.2) is 19.0 Å². The van der Waals surface area contributed by atoms with E-state index in [2.05, 4.69) is 5.25 Å². The van der Waals surface area contributed by atoms with Crippen LogP contribution in [0.15, 0.2) is 30.3 Å². The molecule has 15 heavy (non-hydrogen) atoms. The zero-order chi connectivity index (χ0) is 10.6. The second-order valence-electron chi connectivity index (χ2n) is 3.22. The molecule has 0 N–H and O–H groups in total. The summed E-state index contributed by atoms with van der Waals surface area (Å²) in [5.74, 6) is -0.00812. The Balaban J connectivity index is 2.23. The Kier molecular flexibility index (Phi) is 3.32. The topological polar surface area (TPSA) is 18.5 Å². The smallest absolute Gasteiger partial charge is 0.205 e. The number of ether oxygens (including phenoxy) is 2. The molecule has 0 amide bonds. The van der Waals surface area contributed by atoms with E-state index in [-0.39, 0.29) is 0 Å². The highest BCUT2D eigenvalue weighted by atomic mass is 32.2. The van der Waals surface area contributed by atoms with Crippen LogP contribution in [0.5, 0.6) is 0 Å². The van der Waals surface area contributed by atoms with Crippen molar-refractivity contribution in [2.24, 2.45) is 0 Å². The summed E-state index contributed by atoms with van der Waals surface area (Å²) in [6.07, 6.45) is 5.25. The Morgan fingerprint density at radius 3 is 2.53 bits per heavy atom. The van der Waals surface area contributed by atoms with E-state index in [1.165, 1.54) is 11.8 Å². The molecule has 1 heterocycles. The molecule has 0 unspecified atom stereocenters. The third-order valence-corrected chi connectivity index (χ3v) is 3.00. The molecule has 1 aliphatic rings. The fraction of sp³-hybridized carbons (Fsp3) is 0.333. The highest BCUT2D eigenvalue weighted by Gasteiger charge is 2.38. The van der Waals surface area contributed by atoms with Crippen molar-refractivity contribution in [2.45, 2.75) is 5.79 Å². The standard InChI is InChI=1S/C12H12O2S/c1-2-15-10-12(13-8-9-14-12)11-6-4-3-5-7-11/h1,3-7H,8-10H2. The van der Waals surface area contributed by atoms with Crippen LogP contribution in [-0.2, 0) is 15.3 Å². The van der Waals surface area contributed by atoms with Gasteiger partial charge >= 0.3 is 0 Å². The van der Waals surface area contributed by atoms with Gasteiger partial charge in [0.15, 0.2) is 0 Å². The van der Waals surface area contributed by atoms with Crippen LogP contribution in [0.1, 0.15) is 5.56 Å². The van der Waals surface area contributed by atoms with Gasteiger partial charge < -0.3 is 9.47 Å². The second kappa shape index (κ2) is 4.71. The minimum Gasteiger partial charge on any atom is -0.343 e. The highest BCUT2D eigenvalue weighted by Crippen LogP contribution is 2.34. The lowest BCUT2D eigenvalue weighted by molar-refractivity contribution is -0.145. The second-order valence-corrected chi connectivity index (χ2v) is 4.04. The molecule has 0 aliphatic carbocycles. The van der Waals surface area contributed by atoms with Crippen LogP contribution in [0.25, 0.3) is 0 Å². The zero-order valence-corrected chi connectivity index (χ0v) is 9.13. The van der Waals surface area contributed by atoms with E-state index in [9.17, 15) is 0 Å². The Morgan fingerprint density at radius 2 is 1.93 bits per heavy atom. The van der Waals surface area contributed by atoms with E-state index in [4.69, 9.17) is 15.9 Å². The number of hydrogen-bond donors (Lipinski definition) is 0. The van der Waals surface area contributed by atoms with Crippen LogP contribution in [0.4, 0.5) is 0 Å². The van der Waals surface area contributed by atoms with Gasteiger partial charge in [0.25, 0.3) is 0 Å². The maximum absolute atomic E-state index is 5.69. The highest BCUT2D eigenvalue weighted by molar-refractivity contribution is 8.03. The molecule has 0 spiro atoms. The van der Waals surface area contributed by atoms with E-state index in [1.807, 2.05) is 30.3 Å². The number of rotatable bonds is 3. The lowest BCUT2D eigenvalue weighted by Crippen LogP contribution is -2.29. The van der Waals surface area contributed by atoms with Gasteiger partial charge in [0.2, 0.25) is 5.79 Å². The number of thioether (sulfide) groups is 1. The first-order chi connectivity index (χ1) is 7.37. The van der Waals surface area contributed by atoms with E-state index in [1.54, 1.807) is 0 Å². The summed E-state index contributed by atoms with van der Waals surface area (Å²) >= 11 is 1.38. The van der Waals surface area contributed by atoms with Crippen LogP contribution in [0, 0.1) is 11.7 Å². The first kappa shape index (κ1) is 10.6. The average Bonchev–Trinajstić information content (AvgIpc) is 2.78. The molecule has 0 bridgehead atoms. The molecule has 2 nitrogen and oxygen atoms in total. The van der Waals surface area contributed by atoms with Crippen LogP contribution < -0.4 is 0 Å². The van der Waals surface area contributed by atoms with E-state index < -0.39 is 5.79 Å². The first-order valence-electron chi connectivity index (χ1n) is 4.78. The predicted octanol–water partition coefficient (Wildman–Crippen LogP) is 2.21. The Morgan fingerprint density at radius 1 is 1.27 bits per heavy atom. The van der Waals surface area contributed by atoms with Gasteiger partial charge in [-0.1, -0.05) is 42.1 Å². The van der Waals surface area contributed by atoms with E-state index in [0.29, 0.717) is 19.0 Å². The van der Waals surface area contributed by atoms with Crippen molar-refractivity contribution in [1.82, 2.24) is 0 Å². The molecule has 1 fully saturated rings. The molecule has 1 aliphatic heterocycles. The van der Waals surface area contributed by atoms with Gasteiger partial charge in [0, 0.05) is 5.56 Å². The molecule has 0 aromatic heterocycles. The van der Waals surface area contributed by atoms with Crippen molar-refractivity contribution in [2.75, 3.05) is 19.0 Å². The lowest BCUT2D eigenvalue weighted by atomic mass is 10.1. The van der Waals surface area contributed by atoms with Crippen molar-refractivity contribution >= 4 is 11.8 Å². The molecule has 0 saturated carbocycles. The Labute approximate surface area is 94.0 Å². The minimum atomic E-state index is -0.641. The average molecular weight is 220 g/mol. The van der Waals surface area contributed by atoms with Gasteiger partial charge in [-0.3, -0.25) is 0 Å². The van der Waals surface area contributed by atoms with Crippen molar-refractivity contribution in [1.29, 1.82) is 0 Å². The van der Waals surface area contributed by atoms with Gasteiger partial charge in [-0.15, -0.1) is 6.42 Å². The normalized spacial score (nSPS) is 18.6. The molecule has 1 saturated heterocycles. The monoisotopic (exact) mass is 220 g/mol. The minimum absolute atomic E-state index is 0.625. The Hall–Kier alpha value is -0.950. The third kappa shape index (κ3) is 2.18. The lowest BCUT2D eigenvalue weighted by Gasteiger charge is -2.26. The maximum Gasteiger partial charge on any atom is 0.205 e. The molecule has 2 rings (SSSR count). The van der Waals surface area contributed by atoms with Gasteiger partial charge in [-0.05, 0) is 5.25 Å². The molecule has 1 aromatic carbocycles. The Bertz CT molecular complexity index is 350. The fourth-order valence-corrected chi connectivity index (χ4v) is 2.22. The summed E-state index contributed by atoms with van der Waals surface area (Å²) in [6.45, 7) is 1.25. The molecule has 78 valence electrons. The summed E-state index contributed by atoms with van der Waals surface area (Å²) in [7, 11) is 0. The predicted molar refractivity (Wildman–Crippen MR) is 61.3 cm³/mol. The molecule has 3 heteroatoms. The van der Waals surface area contributed by atoms with E-state index >= 15 is 0 Å². The largest absolute Gasteiger partial charge is 0.343 e. The molecule has 0 atom stereocenters. The van der Waals surface area contributed by atoms with Crippen molar-refractivity contribution in [3.05, 3.63) is 35.9 Å². The van der Waals surface area contributed by atoms with E-state index in [0.717, 1.165) is 5.56 Å². The van der Waals surface area contributed by atoms with Crippen molar-refractivity contribution < 1.29 is 9.47 Å². The molecular weight excluding hydrogens is 208 g/mol. The zero-order valence-electron chi connectivity index (χ0n) is 8.31. The van der Waals surface area contributed by atoms with Crippen LogP contribution in [0.3, 0.4) is 0 Å². The third-order valence-electron chi connectivity index (χ3n) is 2.31. The SMILES string of the molecule is C#CSCC1(c2ccccc2)OCCO1. The number of hydrogen-bond acceptors (Lipinski definition) is 3. The summed E-state index contributed by atoms with van der Waals surface area (Å²) in [5, 5.41) is 2.55. The molecule has 0 radical (unpaired) electrons. The first-order valence-corrected chi connectivity index (χ1v) is 5.77. The van der Waals surface area contributed by atoms with Crippen molar-refractivity contribution in [3.63, 3.8) is 0 Å².